The Kier molecular flexibility index (Phi) is 5.50. The molecule has 0 saturated carbocycles. The third-order valence-corrected chi connectivity index (χ3v) is 5.17. The molecule has 3 heterocycles. The van der Waals surface area contributed by atoms with Crippen LogP contribution in [0.4, 0.5) is 24.8 Å². The lowest BCUT2D eigenvalue weighted by Gasteiger charge is -2.21. The van der Waals surface area contributed by atoms with Crippen LogP contribution >= 0.6 is 0 Å². The Morgan fingerprint density at radius 2 is 1.84 bits per heavy atom. The molecule has 0 spiro atoms. The summed E-state index contributed by atoms with van der Waals surface area (Å²) in [5.74, 6) is 0.292. The number of rotatable bonds is 5. The van der Waals surface area contributed by atoms with Gasteiger partial charge in [-0.3, -0.25) is 4.79 Å². The fourth-order valence-corrected chi connectivity index (χ4v) is 3.61. The highest BCUT2D eigenvalue weighted by molar-refractivity contribution is 5.99. The zero-order chi connectivity index (χ0) is 22.0. The molecule has 1 fully saturated rings. The van der Waals surface area contributed by atoms with E-state index >= 15 is 0 Å². The largest absolute Gasteiger partial charge is 0.417 e. The highest BCUT2D eigenvalue weighted by Gasteiger charge is 2.31. The SMILES string of the molecule is NC(=O)c1cc(-c2ccccc2)cnc1N1CC[C@@H](Nc2ccc(C(F)(F)F)cn2)C1. The molecule has 1 amide bonds. The van der Waals surface area contributed by atoms with Crippen LogP contribution < -0.4 is 16.0 Å². The third-order valence-electron chi connectivity index (χ3n) is 5.17. The average molecular weight is 427 g/mol. The fraction of sp³-hybridized carbons (Fsp3) is 0.227. The summed E-state index contributed by atoms with van der Waals surface area (Å²) in [5, 5.41) is 3.14. The van der Waals surface area contributed by atoms with E-state index in [-0.39, 0.29) is 6.04 Å². The molecule has 3 N–H and O–H groups in total. The van der Waals surface area contributed by atoms with E-state index in [0.717, 1.165) is 23.4 Å². The number of anilines is 2. The van der Waals surface area contributed by atoms with Crippen LogP contribution in [-0.4, -0.2) is 35.0 Å². The van der Waals surface area contributed by atoms with E-state index < -0.39 is 17.6 Å². The molecule has 0 bridgehead atoms. The molecule has 6 nitrogen and oxygen atoms in total. The molecule has 4 rings (SSSR count). The number of pyridine rings is 2. The molecule has 1 aliphatic rings. The van der Waals surface area contributed by atoms with E-state index in [0.29, 0.717) is 36.7 Å². The second kappa shape index (κ2) is 8.25. The topological polar surface area (TPSA) is 84.1 Å². The fourth-order valence-electron chi connectivity index (χ4n) is 3.61. The lowest BCUT2D eigenvalue weighted by molar-refractivity contribution is -0.137. The first kappa shape index (κ1) is 20.6. The number of nitrogens with zero attached hydrogens (tertiary/aromatic N) is 3. The summed E-state index contributed by atoms with van der Waals surface area (Å²) in [6, 6.07) is 13.5. The van der Waals surface area contributed by atoms with Gasteiger partial charge in [-0.2, -0.15) is 13.2 Å². The molecule has 2 aromatic heterocycles. The number of amides is 1. The Bertz CT molecular complexity index is 1070. The minimum absolute atomic E-state index is 0.0550. The molecule has 0 radical (unpaired) electrons. The van der Waals surface area contributed by atoms with Gasteiger partial charge < -0.3 is 16.0 Å². The van der Waals surface area contributed by atoms with Crippen molar-refractivity contribution in [2.24, 2.45) is 5.73 Å². The molecule has 1 saturated heterocycles. The van der Waals surface area contributed by atoms with Gasteiger partial charge in [0, 0.05) is 37.1 Å². The molecule has 31 heavy (non-hydrogen) atoms. The van der Waals surface area contributed by atoms with Crippen LogP contribution in [0.1, 0.15) is 22.3 Å². The first-order valence-corrected chi connectivity index (χ1v) is 9.71. The molecule has 0 aliphatic carbocycles. The number of carbonyl (C=O) groups excluding carboxylic acids is 1. The molecular weight excluding hydrogens is 407 g/mol. The summed E-state index contributed by atoms with van der Waals surface area (Å²) in [7, 11) is 0. The lowest BCUT2D eigenvalue weighted by atomic mass is 10.1. The van der Waals surface area contributed by atoms with Gasteiger partial charge in [-0.25, -0.2) is 9.97 Å². The number of benzene rings is 1. The number of halogens is 3. The van der Waals surface area contributed by atoms with Gasteiger partial charge in [-0.15, -0.1) is 0 Å². The van der Waals surface area contributed by atoms with Gasteiger partial charge in [0.25, 0.3) is 5.91 Å². The number of nitrogens with one attached hydrogen (secondary N) is 1. The van der Waals surface area contributed by atoms with Crippen LogP contribution in [0.2, 0.25) is 0 Å². The monoisotopic (exact) mass is 427 g/mol. The van der Waals surface area contributed by atoms with Crippen LogP contribution in [-0.2, 0) is 6.18 Å². The third kappa shape index (κ3) is 4.60. The van der Waals surface area contributed by atoms with E-state index in [1.807, 2.05) is 35.2 Å². The number of alkyl halides is 3. The minimum Gasteiger partial charge on any atom is -0.365 e. The van der Waals surface area contributed by atoms with Gasteiger partial charge in [0.05, 0.1) is 11.1 Å². The number of carbonyl (C=O) groups is 1. The highest BCUT2D eigenvalue weighted by atomic mass is 19.4. The summed E-state index contributed by atoms with van der Waals surface area (Å²) in [6.45, 7) is 1.14. The maximum Gasteiger partial charge on any atom is 0.417 e. The number of aromatic nitrogens is 2. The van der Waals surface area contributed by atoms with Gasteiger partial charge in [-0.1, -0.05) is 30.3 Å². The smallest absolute Gasteiger partial charge is 0.365 e. The van der Waals surface area contributed by atoms with E-state index in [4.69, 9.17) is 5.73 Å². The molecule has 0 unspecified atom stereocenters. The first-order chi connectivity index (χ1) is 14.8. The predicted octanol–water partition coefficient (Wildman–Crippen LogP) is 3.95. The van der Waals surface area contributed by atoms with Crippen molar-refractivity contribution < 1.29 is 18.0 Å². The van der Waals surface area contributed by atoms with Crippen LogP contribution in [0.3, 0.4) is 0 Å². The molecule has 9 heteroatoms. The zero-order valence-electron chi connectivity index (χ0n) is 16.4. The Balaban J connectivity index is 1.49. The number of nitrogens with two attached hydrogens (primary N) is 1. The zero-order valence-corrected chi connectivity index (χ0v) is 16.4. The van der Waals surface area contributed by atoms with E-state index in [9.17, 15) is 18.0 Å². The van der Waals surface area contributed by atoms with Crippen LogP contribution in [0, 0.1) is 0 Å². The summed E-state index contributed by atoms with van der Waals surface area (Å²) in [6.07, 6.45) is -1.19. The highest BCUT2D eigenvalue weighted by Crippen LogP contribution is 2.30. The Morgan fingerprint density at radius 1 is 1.06 bits per heavy atom. The molecule has 1 atom stereocenters. The summed E-state index contributed by atoms with van der Waals surface area (Å²) >= 11 is 0. The van der Waals surface area contributed by atoms with Crippen molar-refractivity contribution in [2.75, 3.05) is 23.3 Å². The van der Waals surface area contributed by atoms with Gasteiger partial charge in [-0.05, 0) is 30.2 Å². The predicted molar refractivity (Wildman–Crippen MR) is 112 cm³/mol. The van der Waals surface area contributed by atoms with Crippen molar-refractivity contribution >= 4 is 17.5 Å². The Morgan fingerprint density at radius 3 is 2.48 bits per heavy atom. The van der Waals surface area contributed by atoms with Crippen molar-refractivity contribution in [3.05, 3.63) is 72.1 Å². The Labute approximate surface area is 176 Å². The summed E-state index contributed by atoms with van der Waals surface area (Å²) in [5.41, 5.74) is 6.87. The lowest BCUT2D eigenvalue weighted by Crippen LogP contribution is -2.29. The normalized spacial score (nSPS) is 16.4. The molecule has 1 aromatic carbocycles. The van der Waals surface area contributed by atoms with Gasteiger partial charge in [0.1, 0.15) is 11.6 Å². The average Bonchev–Trinajstić information content (AvgIpc) is 3.22. The van der Waals surface area contributed by atoms with Crippen molar-refractivity contribution in [1.82, 2.24) is 9.97 Å². The van der Waals surface area contributed by atoms with E-state index in [2.05, 4.69) is 15.3 Å². The van der Waals surface area contributed by atoms with Crippen molar-refractivity contribution in [3.8, 4) is 11.1 Å². The summed E-state index contributed by atoms with van der Waals surface area (Å²) in [4.78, 5) is 22.4. The minimum atomic E-state index is -4.42. The molecule has 3 aromatic rings. The van der Waals surface area contributed by atoms with Crippen LogP contribution in [0.15, 0.2) is 60.9 Å². The van der Waals surface area contributed by atoms with Crippen LogP contribution in [0.5, 0.6) is 0 Å². The Hall–Kier alpha value is -3.62. The molecule has 160 valence electrons. The second-order valence-electron chi connectivity index (χ2n) is 7.33. The van der Waals surface area contributed by atoms with Crippen molar-refractivity contribution in [3.63, 3.8) is 0 Å². The first-order valence-electron chi connectivity index (χ1n) is 9.71. The standard InChI is InChI=1S/C22H20F3N5O/c23-22(24,25)16-6-7-19(27-12-16)29-17-8-9-30(13-17)21-18(20(26)31)10-15(11-28-21)14-4-2-1-3-5-14/h1-7,10-12,17H,8-9,13H2,(H2,26,31)(H,27,29)/t17-/m1/s1. The number of hydrogen-bond acceptors (Lipinski definition) is 5. The van der Waals surface area contributed by atoms with Crippen molar-refractivity contribution in [2.45, 2.75) is 18.6 Å². The van der Waals surface area contributed by atoms with E-state index in [1.165, 1.54) is 6.07 Å². The summed E-state index contributed by atoms with van der Waals surface area (Å²) < 4.78 is 38.1. The number of primary amides is 1. The second-order valence-corrected chi connectivity index (χ2v) is 7.33. The van der Waals surface area contributed by atoms with Crippen molar-refractivity contribution in [1.29, 1.82) is 0 Å². The number of hydrogen-bond donors (Lipinski definition) is 2. The van der Waals surface area contributed by atoms with E-state index in [1.54, 1.807) is 12.3 Å². The van der Waals surface area contributed by atoms with Gasteiger partial charge >= 0.3 is 6.18 Å². The van der Waals surface area contributed by atoms with Crippen LogP contribution in [0.25, 0.3) is 11.1 Å². The van der Waals surface area contributed by atoms with Gasteiger partial charge in [0.15, 0.2) is 0 Å². The molecule has 1 aliphatic heterocycles. The van der Waals surface area contributed by atoms with Gasteiger partial charge in [0.2, 0.25) is 0 Å². The maximum absolute atomic E-state index is 12.7. The molecular formula is C22H20F3N5O. The maximum atomic E-state index is 12.7. The quantitative estimate of drug-likeness (QED) is 0.644.